The molecule has 1 fully saturated rings. The molecule has 2 N–H and O–H groups in total. The van der Waals surface area contributed by atoms with E-state index in [0.29, 0.717) is 28.6 Å². The highest BCUT2D eigenvalue weighted by Crippen LogP contribution is 2.23. The van der Waals surface area contributed by atoms with E-state index in [4.69, 9.17) is 0 Å². The van der Waals surface area contributed by atoms with Gasteiger partial charge in [0.2, 0.25) is 0 Å². The maximum Gasteiger partial charge on any atom is 0.265 e. The normalized spacial score (nSPS) is 15.8. The maximum atomic E-state index is 13.1. The van der Waals surface area contributed by atoms with Crippen molar-refractivity contribution < 1.29 is 14.0 Å². The van der Waals surface area contributed by atoms with Crippen molar-refractivity contribution >= 4 is 34.5 Å². The van der Waals surface area contributed by atoms with Gasteiger partial charge in [-0.3, -0.25) is 9.59 Å². The van der Waals surface area contributed by atoms with Crippen molar-refractivity contribution in [3.05, 3.63) is 82.3 Å². The Labute approximate surface area is 178 Å². The van der Waals surface area contributed by atoms with Crippen molar-refractivity contribution in [2.24, 2.45) is 5.92 Å². The van der Waals surface area contributed by atoms with Gasteiger partial charge in [0.15, 0.2) is 0 Å². The van der Waals surface area contributed by atoms with Crippen LogP contribution in [0.5, 0.6) is 0 Å². The van der Waals surface area contributed by atoms with E-state index in [2.05, 4.69) is 15.5 Å². The second kappa shape index (κ2) is 9.09. The third-order valence-electron chi connectivity index (χ3n) is 5.18. The lowest BCUT2D eigenvalue weighted by Gasteiger charge is -2.18. The third-order valence-corrected chi connectivity index (χ3v) is 6.05. The molecule has 1 aliphatic rings. The Morgan fingerprint density at radius 3 is 2.50 bits per heavy atom. The number of benzene rings is 2. The van der Waals surface area contributed by atoms with Crippen LogP contribution in [-0.4, -0.2) is 31.4 Å². The summed E-state index contributed by atoms with van der Waals surface area (Å²) in [5, 5.41) is 7.67. The number of carbonyl (C=O) groups is 2. The Balaban J connectivity index is 1.26. The SMILES string of the molecule is O=C(NCC1CCN(c2ccc(F)cc2)C1)c1ccc(NC(=O)c2cccs2)cc1. The predicted octanol–water partition coefficient (Wildman–Crippen LogP) is 4.40. The third kappa shape index (κ3) is 4.86. The van der Waals surface area contributed by atoms with Crippen molar-refractivity contribution in [2.45, 2.75) is 6.42 Å². The molecule has 0 aliphatic carbocycles. The fourth-order valence-corrected chi connectivity index (χ4v) is 4.15. The standard InChI is InChI=1S/C23H22FN3O2S/c24-18-5-9-20(10-6-18)27-12-11-16(15-27)14-25-22(28)17-3-7-19(8-4-17)26-23(29)21-2-1-13-30-21/h1-10,13,16H,11-12,14-15H2,(H,25,28)(H,26,29). The molecule has 30 heavy (non-hydrogen) atoms. The number of amides is 2. The molecule has 0 saturated carbocycles. The second-order valence-electron chi connectivity index (χ2n) is 7.30. The molecular formula is C23H22FN3O2S. The van der Waals surface area contributed by atoms with Gasteiger partial charge in [-0.05, 0) is 72.3 Å². The minimum absolute atomic E-state index is 0.133. The van der Waals surface area contributed by atoms with Crippen molar-refractivity contribution in [1.29, 1.82) is 0 Å². The first kappa shape index (κ1) is 20.1. The van der Waals surface area contributed by atoms with Crippen LogP contribution >= 0.6 is 11.3 Å². The largest absolute Gasteiger partial charge is 0.371 e. The number of rotatable bonds is 6. The molecule has 4 rings (SSSR count). The number of thiophene rings is 1. The molecule has 1 saturated heterocycles. The molecular weight excluding hydrogens is 401 g/mol. The quantitative estimate of drug-likeness (QED) is 0.618. The van der Waals surface area contributed by atoms with Gasteiger partial charge in [-0.1, -0.05) is 6.07 Å². The van der Waals surface area contributed by atoms with Crippen LogP contribution in [0.1, 0.15) is 26.5 Å². The van der Waals surface area contributed by atoms with Gasteiger partial charge in [-0.25, -0.2) is 4.39 Å². The summed E-state index contributed by atoms with van der Waals surface area (Å²) in [6.45, 7) is 2.32. The van der Waals surface area contributed by atoms with Crippen molar-refractivity contribution in [1.82, 2.24) is 5.32 Å². The number of carbonyl (C=O) groups excluding carboxylic acids is 2. The summed E-state index contributed by atoms with van der Waals surface area (Å²) in [5.74, 6) is -0.178. The highest BCUT2D eigenvalue weighted by molar-refractivity contribution is 7.12. The van der Waals surface area contributed by atoms with Crippen LogP contribution in [0, 0.1) is 11.7 Å². The summed E-state index contributed by atoms with van der Waals surface area (Å²) in [5.41, 5.74) is 2.21. The number of halogens is 1. The maximum absolute atomic E-state index is 13.1. The topological polar surface area (TPSA) is 61.4 Å². The van der Waals surface area contributed by atoms with Gasteiger partial charge < -0.3 is 15.5 Å². The van der Waals surface area contributed by atoms with Gasteiger partial charge in [0.05, 0.1) is 4.88 Å². The molecule has 5 nitrogen and oxygen atoms in total. The molecule has 0 radical (unpaired) electrons. The van der Waals surface area contributed by atoms with Gasteiger partial charge in [0.1, 0.15) is 5.82 Å². The first-order valence-electron chi connectivity index (χ1n) is 9.82. The van der Waals surface area contributed by atoms with Gasteiger partial charge in [0, 0.05) is 36.6 Å². The zero-order valence-electron chi connectivity index (χ0n) is 16.3. The molecule has 1 atom stereocenters. The first-order valence-corrected chi connectivity index (χ1v) is 10.7. The lowest BCUT2D eigenvalue weighted by Crippen LogP contribution is -2.31. The van der Waals surface area contributed by atoms with Crippen LogP contribution in [-0.2, 0) is 0 Å². The van der Waals surface area contributed by atoms with Crippen LogP contribution in [0.2, 0.25) is 0 Å². The van der Waals surface area contributed by atoms with Crippen LogP contribution in [0.4, 0.5) is 15.8 Å². The lowest BCUT2D eigenvalue weighted by molar-refractivity contribution is 0.0947. The molecule has 2 heterocycles. The molecule has 7 heteroatoms. The first-order chi connectivity index (χ1) is 14.6. The minimum atomic E-state index is -0.237. The van der Waals surface area contributed by atoms with E-state index in [1.807, 2.05) is 11.4 Å². The van der Waals surface area contributed by atoms with Gasteiger partial charge in [0.25, 0.3) is 11.8 Å². The van der Waals surface area contributed by atoms with Crippen molar-refractivity contribution in [2.75, 3.05) is 29.9 Å². The Kier molecular flexibility index (Phi) is 6.09. The summed E-state index contributed by atoms with van der Waals surface area (Å²) >= 11 is 1.38. The van der Waals surface area contributed by atoms with E-state index < -0.39 is 0 Å². The van der Waals surface area contributed by atoms with E-state index >= 15 is 0 Å². The molecule has 0 spiro atoms. The van der Waals surface area contributed by atoms with Crippen LogP contribution in [0.25, 0.3) is 0 Å². The Bertz CT molecular complexity index is 1000. The Morgan fingerprint density at radius 1 is 1.03 bits per heavy atom. The van der Waals surface area contributed by atoms with Gasteiger partial charge in [-0.2, -0.15) is 0 Å². The molecule has 1 unspecified atom stereocenters. The number of nitrogens with zero attached hydrogens (tertiary/aromatic N) is 1. The fraction of sp³-hybridized carbons (Fsp3) is 0.217. The average molecular weight is 424 g/mol. The summed E-state index contributed by atoms with van der Waals surface area (Å²) in [6.07, 6.45) is 0.978. The van der Waals surface area contributed by atoms with E-state index in [0.717, 1.165) is 25.2 Å². The van der Waals surface area contributed by atoms with E-state index in [1.54, 1.807) is 42.5 Å². The summed E-state index contributed by atoms with van der Waals surface area (Å²) < 4.78 is 13.1. The molecule has 0 bridgehead atoms. The number of hydrogen-bond donors (Lipinski definition) is 2. The average Bonchev–Trinajstić information content (AvgIpc) is 3.45. The zero-order chi connectivity index (χ0) is 20.9. The molecule has 2 amide bonds. The Hall–Kier alpha value is -3.19. The van der Waals surface area contributed by atoms with E-state index in [-0.39, 0.29) is 17.6 Å². The smallest absolute Gasteiger partial charge is 0.265 e. The summed E-state index contributed by atoms with van der Waals surface area (Å²) in [7, 11) is 0. The van der Waals surface area contributed by atoms with E-state index in [9.17, 15) is 14.0 Å². The molecule has 3 aromatic rings. The lowest BCUT2D eigenvalue weighted by atomic mass is 10.1. The van der Waals surface area contributed by atoms with Gasteiger partial charge in [-0.15, -0.1) is 11.3 Å². The summed E-state index contributed by atoms with van der Waals surface area (Å²) in [6, 6.07) is 17.0. The fourth-order valence-electron chi connectivity index (χ4n) is 3.53. The number of hydrogen-bond acceptors (Lipinski definition) is 4. The molecule has 1 aliphatic heterocycles. The van der Waals surface area contributed by atoms with Gasteiger partial charge >= 0.3 is 0 Å². The highest BCUT2D eigenvalue weighted by atomic mass is 32.1. The predicted molar refractivity (Wildman–Crippen MR) is 118 cm³/mol. The molecule has 154 valence electrons. The van der Waals surface area contributed by atoms with Crippen LogP contribution in [0.15, 0.2) is 66.0 Å². The van der Waals surface area contributed by atoms with E-state index in [1.165, 1.54) is 23.5 Å². The van der Waals surface area contributed by atoms with Crippen molar-refractivity contribution in [3.63, 3.8) is 0 Å². The molecule has 2 aromatic carbocycles. The van der Waals surface area contributed by atoms with Crippen molar-refractivity contribution in [3.8, 4) is 0 Å². The number of nitrogens with one attached hydrogen (secondary N) is 2. The monoisotopic (exact) mass is 423 g/mol. The van der Waals surface area contributed by atoms with Crippen LogP contribution < -0.4 is 15.5 Å². The second-order valence-corrected chi connectivity index (χ2v) is 8.24. The molecule has 1 aromatic heterocycles. The Morgan fingerprint density at radius 2 is 1.80 bits per heavy atom. The highest BCUT2D eigenvalue weighted by Gasteiger charge is 2.23. The summed E-state index contributed by atoms with van der Waals surface area (Å²) in [4.78, 5) is 27.4. The minimum Gasteiger partial charge on any atom is -0.371 e. The van der Waals surface area contributed by atoms with Crippen LogP contribution in [0.3, 0.4) is 0 Å². The zero-order valence-corrected chi connectivity index (χ0v) is 17.1. The number of anilines is 2.